The quantitative estimate of drug-likeness (QED) is 0.231. The van der Waals surface area contributed by atoms with E-state index in [1.54, 1.807) is 17.8 Å². The monoisotopic (exact) mass is 593 g/mol. The summed E-state index contributed by atoms with van der Waals surface area (Å²) in [4.78, 5) is 17.7. The highest BCUT2D eigenvalue weighted by molar-refractivity contribution is 7.97. The molecule has 1 saturated heterocycles. The van der Waals surface area contributed by atoms with Crippen LogP contribution < -0.4 is 9.47 Å². The van der Waals surface area contributed by atoms with Crippen LogP contribution in [-0.2, 0) is 17.8 Å². The molecule has 1 unspecified atom stereocenters. The van der Waals surface area contributed by atoms with Crippen LogP contribution >= 0.6 is 11.9 Å². The van der Waals surface area contributed by atoms with E-state index in [1.807, 2.05) is 29.1 Å². The molecule has 0 radical (unpaired) electrons. The fourth-order valence-electron chi connectivity index (χ4n) is 5.39. The second-order valence-corrected chi connectivity index (χ2v) is 11.7. The summed E-state index contributed by atoms with van der Waals surface area (Å²) in [6, 6.07) is 4.65. The summed E-state index contributed by atoms with van der Waals surface area (Å²) in [5.74, 6) is 0.467. The van der Waals surface area contributed by atoms with Crippen molar-refractivity contribution in [3.05, 3.63) is 72.2 Å². The Morgan fingerprint density at radius 1 is 1.26 bits per heavy atom. The molecule has 6 rings (SSSR count). The van der Waals surface area contributed by atoms with E-state index < -0.39 is 11.9 Å². The number of halogens is 1. The number of carbonyl (C=O) groups excluding carboxylic acids is 1. The van der Waals surface area contributed by atoms with Crippen LogP contribution in [0, 0.1) is 12.7 Å². The van der Waals surface area contributed by atoms with Crippen LogP contribution in [0.4, 0.5) is 4.39 Å². The Balaban J connectivity index is 1.24. The number of aromatic nitrogens is 5. The van der Waals surface area contributed by atoms with Crippen LogP contribution in [-0.4, -0.2) is 89.7 Å². The fourth-order valence-corrected chi connectivity index (χ4v) is 6.69. The Morgan fingerprint density at radius 2 is 2.10 bits per heavy atom. The third-order valence-electron chi connectivity index (χ3n) is 7.66. The van der Waals surface area contributed by atoms with E-state index in [9.17, 15) is 14.3 Å². The number of ether oxygens (including phenoxy) is 2. The predicted octanol–water partition coefficient (Wildman–Crippen LogP) is 3.06. The molecule has 2 aliphatic rings. The first-order valence-corrected chi connectivity index (χ1v) is 14.6. The fraction of sp³-hybridized carbons (Fsp3) is 0.379. The van der Waals surface area contributed by atoms with Crippen LogP contribution in [0.15, 0.2) is 49.4 Å². The molecule has 42 heavy (non-hydrogen) atoms. The van der Waals surface area contributed by atoms with Gasteiger partial charge >= 0.3 is 0 Å². The van der Waals surface area contributed by atoms with Gasteiger partial charge in [0, 0.05) is 50.1 Å². The molecule has 4 aromatic rings. The van der Waals surface area contributed by atoms with Gasteiger partial charge in [-0.2, -0.15) is 10.2 Å². The van der Waals surface area contributed by atoms with Gasteiger partial charge in [0.15, 0.2) is 23.1 Å². The number of amides is 1. The van der Waals surface area contributed by atoms with E-state index in [4.69, 9.17) is 14.6 Å². The second-order valence-electron chi connectivity index (χ2n) is 10.3. The molecule has 1 fully saturated rings. The largest absolute Gasteiger partial charge is 0.493 e. The summed E-state index contributed by atoms with van der Waals surface area (Å²) < 4.78 is 31.4. The van der Waals surface area contributed by atoms with Crippen LogP contribution in [0.3, 0.4) is 0 Å². The first kappa shape index (κ1) is 28.2. The number of carbonyl (C=O) groups is 1. The van der Waals surface area contributed by atoms with Crippen molar-refractivity contribution in [2.24, 2.45) is 0 Å². The third kappa shape index (κ3) is 5.35. The molecular formula is C29H32FN7O4S. The topological polar surface area (TPSA) is 110 Å². The van der Waals surface area contributed by atoms with Crippen molar-refractivity contribution in [2.45, 2.75) is 31.2 Å². The zero-order valence-corrected chi connectivity index (χ0v) is 24.3. The van der Waals surface area contributed by atoms with Gasteiger partial charge in [0.25, 0.3) is 0 Å². The Labute approximate surface area is 246 Å². The molecule has 11 nitrogen and oxygen atoms in total. The van der Waals surface area contributed by atoms with E-state index in [-0.39, 0.29) is 12.5 Å². The summed E-state index contributed by atoms with van der Waals surface area (Å²) in [5.41, 5.74) is 4.88. The van der Waals surface area contributed by atoms with Crippen molar-refractivity contribution in [1.82, 2.24) is 33.6 Å². The Kier molecular flexibility index (Phi) is 7.88. The summed E-state index contributed by atoms with van der Waals surface area (Å²) >= 11 is 1.82. The van der Waals surface area contributed by atoms with Gasteiger partial charge in [-0.1, -0.05) is 18.5 Å². The lowest BCUT2D eigenvalue weighted by molar-refractivity contribution is -0.128. The molecule has 220 valence electrons. The lowest BCUT2D eigenvalue weighted by Crippen LogP contribution is -2.52. The zero-order chi connectivity index (χ0) is 29.4. The normalized spacial score (nSPS) is 16.5. The lowest BCUT2D eigenvalue weighted by atomic mass is 10.1. The predicted molar refractivity (Wildman–Crippen MR) is 156 cm³/mol. The van der Waals surface area contributed by atoms with Gasteiger partial charge in [-0.3, -0.25) is 14.5 Å². The smallest absolute Gasteiger partial charge is 0.246 e. The van der Waals surface area contributed by atoms with Crippen molar-refractivity contribution in [2.75, 3.05) is 39.9 Å². The van der Waals surface area contributed by atoms with E-state index in [0.29, 0.717) is 28.0 Å². The molecule has 4 aromatic heterocycles. The maximum absolute atomic E-state index is 13.5. The highest BCUT2D eigenvalue weighted by Gasteiger charge is 2.32. The Morgan fingerprint density at radius 3 is 2.81 bits per heavy atom. The van der Waals surface area contributed by atoms with Gasteiger partial charge in [0.2, 0.25) is 5.91 Å². The highest BCUT2D eigenvalue weighted by atomic mass is 32.2. The molecule has 6 heterocycles. The molecule has 1 N–H and O–H groups in total. The molecule has 1 atom stereocenters. The van der Waals surface area contributed by atoms with E-state index in [2.05, 4.69) is 32.6 Å². The van der Waals surface area contributed by atoms with Crippen molar-refractivity contribution < 1.29 is 23.8 Å². The van der Waals surface area contributed by atoms with Crippen molar-refractivity contribution in [3.63, 3.8) is 0 Å². The molecule has 0 spiro atoms. The lowest BCUT2D eigenvalue weighted by Gasteiger charge is -2.40. The minimum absolute atomic E-state index is 0.00897. The summed E-state index contributed by atoms with van der Waals surface area (Å²) in [6.45, 7) is 9.26. The molecule has 0 aliphatic carbocycles. The minimum atomic E-state index is -0.829. The highest BCUT2D eigenvalue weighted by Crippen LogP contribution is 2.37. The summed E-state index contributed by atoms with van der Waals surface area (Å²) in [5, 5.41) is 20.0. The SMILES string of the molecule is C=CC(=O)N1CC(SN2CCc3c(C)c(-c4cc(OC(CO)c5ccc(F)cn5)c5c(OC)cnn5c4)nn3CC2)C1. The maximum Gasteiger partial charge on any atom is 0.246 e. The van der Waals surface area contributed by atoms with Crippen molar-refractivity contribution >= 4 is 23.4 Å². The number of aliphatic hydroxyl groups excluding tert-OH is 1. The average Bonchev–Trinajstić information content (AvgIpc) is 3.47. The summed E-state index contributed by atoms with van der Waals surface area (Å²) in [7, 11) is 1.56. The van der Waals surface area contributed by atoms with E-state index in [1.165, 1.54) is 23.9 Å². The molecular weight excluding hydrogens is 561 g/mol. The van der Waals surface area contributed by atoms with Gasteiger partial charge in [-0.25, -0.2) is 13.2 Å². The van der Waals surface area contributed by atoms with Crippen molar-refractivity contribution in [3.8, 4) is 22.8 Å². The first-order valence-electron chi connectivity index (χ1n) is 13.7. The van der Waals surface area contributed by atoms with Gasteiger partial charge in [0.1, 0.15) is 5.82 Å². The number of aliphatic hydroxyl groups is 1. The number of rotatable bonds is 9. The van der Waals surface area contributed by atoms with Gasteiger partial charge < -0.3 is 19.5 Å². The molecule has 0 aromatic carbocycles. The number of hydrogen-bond donors (Lipinski definition) is 1. The van der Waals surface area contributed by atoms with Crippen LogP contribution in [0.25, 0.3) is 16.8 Å². The van der Waals surface area contributed by atoms with Crippen LogP contribution in [0.2, 0.25) is 0 Å². The number of hydrogen-bond acceptors (Lipinski definition) is 9. The van der Waals surface area contributed by atoms with Gasteiger partial charge in [-0.15, -0.1) is 0 Å². The molecule has 13 heteroatoms. The number of methoxy groups -OCH3 is 1. The van der Waals surface area contributed by atoms with Crippen molar-refractivity contribution in [1.29, 1.82) is 0 Å². The third-order valence-corrected chi connectivity index (χ3v) is 8.92. The second kappa shape index (κ2) is 11.7. The van der Waals surface area contributed by atoms with E-state index >= 15 is 0 Å². The molecule has 1 amide bonds. The Hall–Kier alpha value is -3.94. The molecule has 0 bridgehead atoms. The van der Waals surface area contributed by atoms with Crippen LogP contribution in [0.1, 0.15) is 23.1 Å². The van der Waals surface area contributed by atoms with Gasteiger partial charge in [-0.05, 0) is 36.8 Å². The summed E-state index contributed by atoms with van der Waals surface area (Å²) in [6.07, 6.45) is 5.97. The molecule has 0 saturated carbocycles. The zero-order valence-electron chi connectivity index (χ0n) is 23.4. The van der Waals surface area contributed by atoms with Crippen LogP contribution in [0.5, 0.6) is 11.5 Å². The maximum atomic E-state index is 13.5. The van der Waals surface area contributed by atoms with Gasteiger partial charge in [0.05, 0.1) is 49.3 Å². The number of fused-ring (bicyclic) bond motifs is 2. The van der Waals surface area contributed by atoms with E-state index in [0.717, 1.165) is 62.2 Å². The average molecular weight is 594 g/mol. The molecule has 2 aliphatic heterocycles. The number of likely N-dealkylation sites (tertiary alicyclic amines) is 1. The Bertz CT molecular complexity index is 1620. The number of pyridine rings is 2. The number of nitrogens with zero attached hydrogens (tertiary/aromatic N) is 7. The minimum Gasteiger partial charge on any atom is -0.493 e. The standard InChI is InChI=1S/C29H32FN7O4S/c1-4-27(39)34-15-21(16-34)42-35-8-7-23-18(2)28(33-36(23)10-9-35)19-11-24(29-25(40-3)13-32-37(29)14-19)41-26(17-38)22-6-5-20(30)12-31-22/h4-6,11-14,21,26,38H,1,7-10,15-17H2,2-3H3. The first-order chi connectivity index (χ1) is 20.4.